The third-order valence-corrected chi connectivity index (χ3v) is 3.12. The van der Waals surface area contributed by atoms with Crippen LogP contribution in [0.15, 0.2) is 48.5 Å². The van der Waals surface area contributed by atoms with E-state index in [1.807, 2.05) is 43.3 Å². The van der Waals surface area contributed by atoms with Crippen LogP contribution in [0.2, 0.25) is 5.02 Å². The van der Waals surface area contributed by atoms with Crippen molar-refractivity contribution in [3.8, 4) is 5.75 Å². The lowest BCUT2D eigenvalue weighted by Crippen LogP contribution is -2.30. The minimum atomic E-state index is -0.602. The molecule has 0 bridgehead atoms. The van der Waals surface area contributed by atoms with Crippen molar-refractivity contribution in [2.45, 2.75) is 20.0 Å². The van der Waals surface area contributed by atoms with Gasteiger partial charge >= 0.3 is 0 Å². The summed E-state index contributed by atoms with van der Waals surface area (Å²) >= 11 is 6.08. The molecule has 0 aliphatic heterocycles. The predicted octanol–water partition coefficient (Wildman–Crippen LogP) is 4.05. The van der Waals surface area contributed by atoms with E-state index in [9.17, 15) is 4.79 Å². The van der Waals surface area contributed by atoms with Crippen LogP contribution in [0.3, 0.4) is 0 Å². The SMILES string of the molecule is Cc1ccc(NC(=O)[C@@H](C)Oc2ccccc2)c(Cl)c1. The first-order valence-corrected chi connectivity index (χ1v) is 6.73. The second kappa shape index (κ2) is 6.44. The molecule has 0 radical (unpaired) electrons. The lowest BCUT2D eigenvalue weighted by atomic mass is 10.2. The first kappa shape index (κ1) is 14.4. The molecule has 0 aliphatic rings. The Morgan fingerprint density at radius 3 is 2.55 bits per heavy atom. The number of rotatable bonds is 4. The van der Waals surface area contributed by atoms with Gasteiger partial charge in [0.15, 0.2) is 6.10 Å². The van der Waals surface area contributed by atoms with Crippen molar-refractivity contribution >= 4 is 23.2 Å². The molecule has 20 heavy (non-hydrogen) atoms. The van der Waals surface area contributed by atoms with Crippen molar-refractivity contribution < 1.29 is 9.53 Å². The quantitative estimate of drug-likeness (QED) is 0.922. The number of carbonyl (C=O) groups excluding carboxylic acids is 1. The molecule has 1 N–H and O–H groups in total. The van der Waals surface area contributed by atoms with Crippen molar-refractivity contribution in [2.24, 2.45) is 0 Å². The average molecular weight is 290 g/mol. The van der Waals surface area contributed by atoms with Gasteiger partial charge in [0.05, 0.1) is 10.7 Å². The fourth-order valence-electron chi connectivity index (χ4n) is 1.71. The van der Waals surface area contributed by atoms with E-state index in [0.29, 0.717) is 16.5 Å². The van der Waals surface area contributed by atoms with Crippen LogP contribution in [0.25, 0.3) is 0 Å². The minimum absolute atomic E-state index is 0.236. The van der Waals surface area contributed by atoms with Crippen molar-refractivity contribution in [3.63, 3.8) is 0 Å². The molecule has 0 spiro atoms. The van der Waals surface area contributed by atoms with E-state index in [0.717, 1.165) is 5.56 Å². The molecular weight excluding hydrogens is 274 g/mol. The molecule has 0 fully saturated rings. The third kappa shape index (κ3) is 3.75. The summed E-state index contributed by atoms with van der Waals surface area (Å²) in [6.45, 7) is 3.64. The third-order valence-electron chi connectivity index (χ3n) is 2.81. The Balaban J connectivity index is 2.01. The van der Waals surface area contributed by atoms with Crippen molar-refractivity contribution in [1.29, 1.82) is 0 Å². The van der Waals surface area contributed by atoms with Crippen LogP contribution in [0.1, 0.15) is 12.5 Å². The van der Waals surface area contributed by atoms with E-state index in [1.54, 1.807) is 19.1 Å². The van der Waals surface area contributed by atoms with Crippen LogP contribution < -0.4 is 10.1 Å². The highest BCUT2D eigenvalue weighted by Gasteiger charge is 2.15. The summed E-state index contributed by atoms with van der Waals surface area (Å²) in [6, 6.07) is 14.7. The van der Waals surface area contributed by atoms with E-state index >= 15 is 0 Å². The van der Waals surface area contributed by atoms with Gasteiger partial charge in [-0.15, -0.1) is 0 Å². The Kier molecular flexibility index (Phi) is 4.64. The molecule has 104 valence electrons. The maximum Gasteiger partial charge on any atom is 0.265 e. The summed E-state index contributed by atoms with van der Waals surface area (Å²) in [6.07, 6.45) is -0.602. The normalized spacial score (nSPS) is 11.8. The van der Waals surface area contributed by atoms with E-state index in [2.05, 4.69) is 5.32 Å². The van der Waals surface area contributed by atoms with Crippen molar-refractivity contribution in [1.82, 2.24) is 0 Å². The van der Waals surface area contributed by atoms with Gasteiger partial charge in [0.1, 0.15) is 5.75 Å². The highest BCUT2D eigenvalue weighted by atomic mass is 35.5. The smallest absolute Gasteiger partial charge is 0.265 e. The maximum atomic E-state index is 12.1. The number of hydrogen-bond donors (Lipinski definition) is 1. The number of para-hydroxylation sites is 1. The predicted molar refractivity (Wildman–Crippen MR) is 81.4 cm³/mol. The molecule has 2 aromatic rings. The zero-order valence-electron chi connectivity index (χ0n) is 11.4. The van der Waals surface area contributed by atoms with E-state index < -0.39 is 6.10 Å². The van der Waals surface area contributed by atoms with Gasteiger partial charge in [-0.3, -0.25) is 4.79 Å². The molecule has 1 atom stereocenters. The van der Waals surface area contributed by atoms with Gasteiger partial charge in [0.2, 0.25) is 0 Å². The summed E-state index contributed by atoms with van der Waals surface area (Å²) in [5, 5.41) is 3.28. The van der Waals surface area contributed by atoms with Crippen molar-refractivity contribution in [3.05, 3.63) is 59.1 Å². The van der Waals surface area contributed by atoms with Crippen LogP contribution in [0.5, 0.6) is 5.75 Å². The maximum absolute atomic E-state index is 12.1. The van der Waals surface area contributed by atoms with E-state index in [1.165, 1.54) is 0 Å². The first-order valence-electron chi connectivity index (χ1n) is 6.35. The molecule has 4 heteroatoms. The Bertz CT molecular complexity index is 599. The molecule has 2 rings (SSSR count). The van der Waals surface area contributed by atoms with Crippen LogP contribution in [0, 0.1) is 6.92 Å². The summed E-state index contributed by atoms with van der Waals surface area (Å²) in [5.74, 6) is 0.421. The second-order valence-electron chi connectivity index (χ2n) is 4.55. The van der Waals surface area contributed by atoms with Crippen LogP contribution in [-0.4, -0.2) is 12.0 Å². The summed E-state index contributed by atoms with van der Waals surface area (Å²) in [7, 11) is 0. The number of benzene rings is 2. The zero-order chi connectivity index (χ0) is 14.5. The number of aryl methyl sites for hydroxylation is 1. The molecule has 1 amide bonds. The molecule has 0 heterocycles. The number of carbonyl (C=O) groups is 1. The largest absolute Gasteiger partial charge is 0.481 e. The topological polar surface area (TPSA) is 38.3 Å². The Hall–Kier alpha value is -2.00. The van der Waals surface area contributed by atoms with Crippen LogP contribution in [0.4, 0.5) is 5.69 Å². The summed E-state index contributed by atoms with van der Waals surface area (Å²) < 4.78 is 5.56. The molecule has 2 aromatic carbocycles. The van der Waals surface area contributed by atoms with Gasteiger partial charge in [-0.05, 0) is 43.7 Å². The lowest BCUT2D eigenvalue weighted by molar-refractivity contribution is -0.122. The standard InChI is InChI=1S/C16H16ClNO2/c1-11-8-9-15(14(17)10-11)18-16(19)12(2)20-13-6-4-3-5-7-13/h3-10,12H,1-2H3,(H,18,19)/t12-/m1/s1. The highest BCUT2D eigenvalue weighted by Crippen LogP contribution is 2.23. The molecule has 0 aromatic heterocycles. The molecule has 0 saturated carbocycles. The highest BCUT2D eigenvalue weighted by molar-refractivity contribution is 6.33. The fraction of sp³-hybridized carbons (Fsp3) is 0.188. The fourth-order valence-corrected chi connectivity index (χ4v) is 1.99. The lowest BCUT2D eigenvalue weighted by Gasteiger charge is -2.15. The van der Waals surface area contributed by atoms with Gasteiger partial charge in [0, 0.05) is 0 Å². The number of anilines is 1. The van der Waals surface area contributed by atoms with Gasteiger partial charge in [0.25, 0.3) is 5.91 Å². The van der Waals surface area contributed by atoms with E-state index in [4.69, 9.17) is 16.3 Å². The van der Waals surface area contributed by atoms with Crippen molar-refractivity contribution in [2.75, 3.05) is 5.32 Å². The number of hydrogen-bond acceptors (Lipinski definition) is 2. The molecule has 0 aliphatic carbocycles. The number of ether oxygens (including phenoxy) is 1. The van der Waals surface area contributed by atoms with Crippen LogP contribution >= 0.6 is 11.6 Å². The zero-order valence-corrected chi connectivity index (χ0v) is 12.1. The van der Waals surface area contributed by atoms with E-state index in [-0.39, 0.29) is 5.91 Å². The number of nitrogens with one attached hydrogen (secondary N) is 1. The minimum Gasteiger partial charge on any atom is -0.481 e. The second-order valence-corrected chi connectivity index (χ2v) is 4.95. The summed E-state index contributed by atoms with van der Waals surface area (Å²) in [5.41, 5.74) is 1.63. The number of halogens is 1. The molecule has 0 saturated heterocycles. The Morgan fingerprint density at radius 1 is 1.20 bits per heavy atom. The Labute approximate surface area is 123 Å². The van der Waals surface area contributed by atoms with Gasteiger partial charge in [-0.2, -0.15) is 0 Å². The van der Waals surface area contributed by atoms with Gasteiger partial charge in [-0.1, -0.05) is 35.9 Å². The van der Waals surface area contributed by atoms with Gasteiger partial charge < -0.3 is 10.1 Å². The number of amides is 1. The van der Waals surface area contributed by atoms with Gasteiger partial charge in [-0.25, -0.2) is 0 Å². The van der Waals surface area contributed by atoms with Crippen LogP contribution in [-0.2, 0) is 4.79 Å². The first-order chi connectivity index (χ1) is 9.56. The average Bonchev–Trinajstić information content (AvgIpc) is 2.43. The molecule has 3 nitrogen and oxygen atoms in total. The molecular formula is C16H16ClNO2. The summed E-state index contributed by atoms with van der Waals surface area (Å²) in [4.78, 5) is 12.1. The Morgan fingerprint density at radius 2 is 1.90 bits per heavy atom. The monoisotopic (exact) mass is 289 g/mol. The molecule has 0 unspecified atom stereocenters.